The summed E-state index contributed by atoms with van der Waals surface area (Å²) in [5.41, 5.74) is 0. The number of aliphatic hydroxyl groups excluding tert-OH is 1. The van der Waals surface area contributed by atoms with Gasteiger partial charge in [-0.1, -0.05) is 6.92 Å². The molecule has 0 saturated heterocycles. The van der Waals surface area contributed by atoms with Gasteiger partial charge in [-0.3, -0.25) is 0 Å². The highest BCUT2D eigenvalue weighted by Crippen LogP contribution is 1.99. The van der Waals surface area contributed by atoms with Crippen molar-refractivity contribution in [2.45, 2.75) is 26.7 Å². The van der Waals surface area contributed by atoms with Gasteiger partial charge in [0.1, 0.15) is 0 Å². The second-order valence-electron chi connectivity index (χ2n) is 2.14. The number of aliphatic hydroxyl groups is 1. The van der Waals surface area contributed by atoms with Crippen LogP contribution in [0.2, 0.25) is 0 Å². The molecule has 0 atom stereocenters. The van der Waals surface area contributed by atoms with Gasteiger partial charge in [0.05, 0.1) is 18.4 Å². The molecule has 0 aromatic rings. The maximum absolute atomic E-state index is 10.7. The molecular weight excluding hydrogens is 144 g/mol. The molecule has 0 heterocycles. The van der Waals surface area contributed by atoms with E-state index in [2.05, 4.69) is 4.74 Å². The lowest BCUT2D eigenvalue weighted by Crippen LogP contribution is -2.00. The summed E-state index contributed by atoms with van der Waals surface area (Å²) in [5, 5.41) is 9.01. The SMILES string of the molecule is CCC/C(O)=C\C(=O)OCC. The van der Waals surface area contributed by atoms with E-state index in [-0.39, 0.29) is 5.76 Å². The van der Waals surface area contributed by atoms with Crippen LogP contribution in [-0.2, 0) is 9.53 Å². The Morgan fingerprint density at radius 1 is 1.55 bits per heavy atom. The molecule has 0 bridgehead atoms. The lowest BCUT2D eigenvalue weighted by atomic mass is 10.3. The van der Waals surface area contributed by atoms with E-state index < -0.39 is 5.97 Å². The molecule has 0 fully saturated rings. The topological polar surface area (TPSA) is 46.5 Å². The summed E-state index contributed by atoms with van der Waals surface area (Å²) in [6, 6.07) is 0. The quantitative estimate of drug-likeness (QED) is 0.385. The van der Waals surface area contributed by atoms with Crippen LogP contribution >= 0.6 is 0 Å². The number of carbonyl (C=O) groups is 1. The molecule has 11 heavy (non-hydrogen) atoms. The van der Waals surface area contributed by atoms with Crippen molar-refractivity contribution in [3.8, 4) is 0 Å². The minimum absolute atomic E-state index is 0.0888. The molecule has 3 nitrogen and oxygen atoms in total. The van der Waals surface area contributed by atoms with Crippen LogP contribution in [0.5, 0.6) is 0 Å². The maximum atomic E-state index is 10.7. The molecule has 0 radical (unpaired) electrons. The van der Waals surface area contributed by atoms with E-state index in [1.807, 2.05) is 6.92 Å². The lowest BCUT2D eigenvalue weighted by molar-refractivity contribution is -0.137. The zero-order chi connectivity index (χ0) is 8.69. The van der Waals surface area contributed by atoms with Gasteiger partial charge in [-0.05, 0) is 13.3 Å². The molecule has 0 amide bonds. The van der Waals surface area contributed by atoms with Gasteiger partial charge in [-0.25, -0.2) is 4.79 Å². The fourth-order valence-electron chi connectivity index (χ4n) is 0.648. The standard InChI is InChI=1S/C8H14O3/c1-3-5-7(9)6-8(10)11-4-2/h6,9H,3-5H2,1-2H3/b7-6+. The van der Waals surface area contributed by atoms with E-state index in [1.165, 1.54) is 0 Å². The second-order valence-corrected chi connectivity index (χ2v) is 2.14. The summed E-state index contributed by atoms with van der Waals surface area (Å²) >= 11 is 0. The van der Waals surface area contributed by atoms with E-state index in [0.717, 1.165) is 12.5 Å². The summed E-state index contributed by atoms with van der Waals surface area (Å²) in [5.74, 6) is -0.385. The monoisotopic (exact) mass is 158 g/mol. The van der Waals surface area contributed by atoms with Crippen molar-refractivity contribution in [1.82, 2.24) is 0 Å². The highest BCUT2D eigenvalue weighted by Gasteiger charge is 1.98. The molecule has 0 unspecified atom stereocenters. The summed E-state index contributed by atoms with van der Waals surface area (Å²) in [6.07, 6.45) is 2.47. The zero-order valence-corrected chi connectivity index (χ0v) is 6.96. The molecule has 0 aliphatic heterocycles. The average molecular weight is 158 g/mol. The molecular formula is C8H14O3. The molecule has 1 N–H and O–H groups in total. The number of carbonyl (C=O) groups excluding carboxylic acids is 1. The van der Waals surface area contributed by atoms with Crippen molar-refractivity contribution >= 4 is 5.97 Å². The normalized spacial score (nSPS) is 11.3. The van der Waals surface area contributed by atoms with Crippen LogP contribution in [0, 0.1) is 0 Å². The van der Waals surface area contributed by atoms with Gasteiger partial charge < -0.3 is 9.84 Å². The molecule has 0 aromatic heterocycles. The van der Waals surface area contributed by atoms with E-state index in [1.54, 1.807) is 6.92 Å². The molecule has 0 saturated carbocycles. The Hall–Kier alpha value is -0.990. The Bertz CT molecular complexity index is 149. The van der Waals surface area contributed by atoms with Crippen molar-refractivity contribution in [3.05, 3.63) is 11.8 Å². The van der Waals surface area contributed by atoms with Crippen LogP contribution in [0.25, 0.3) is 0 Å². The predicted molar refractivity (Wildman–Crippen MR) is 42.3 cm³/mol. The minimum atomic E-state index is -0.474. The zero-order valence-electron chi connectivity index (χ0n) is 6.96. The van der Waals surface area contributed by atoms with Crippen LogP contribution < -0.4 is 0 Å². The Morgan fingerprint density at radius 3 is 2.64 bits per heavy atom. The van der Waals surface area contributed by atoms with Gasteiger partial charge in [-0.15, -0.1) is 0 Å². The highest BCUT2D eigenvalue weighted by molar-refractivity contribution is 5.82. The summed E-state index contributed by atoms with van der Waals surface area (Å²) < 4.78 is 4.58. The second kappa shape index (κ2) is 5.77. The molecule has 3 heteroatoms. The molecule has 0 rings (SSSR count). The largest absolute Gasteiger partial charge is 0.512 e. The molecule has 64 valence electrons. The first-order chi connectivity index (χ1) is 5.20. The number of allylic oxidation sites excluding steroid dienone is 1. The van der Waals surface area contributed by atoms with E-state index in [0.29, 0.717) is 13.0 Å². The van der Waals surface area contributed by atoms with Gasteiger partial charge in [-0.2, -0.15) is 0 Å². The Morgan fingerprint density at radius 2 is 2.18 bits per heavy atom. The summed E-state index contributed by atoms with van der Waals surface area (Å²) in [4.78, 5) is 10.7. The molecule has 0 aliphatic carbocycles. The summed E-state index contributed by atoms with van der Waals surface area (Å²) in [6.45, 7) is 3.99. The van der Waals surface area contributed by atoms with Crippen LogP contribution in [0.3, 0.4) is 0 Å². The van der Waals surface area contributed by atoms with E-state index in [9.17, 15) is 4.79 Å². The Kier molecular flexibility index (Phi) is 5.25. The predicted octanol–water partition coefficient (Wildman–Crippen LogP) is 1.79. The Labute approximate surface area is 66.7 Å². The van der Waals surface area contributed by atoms with Crippen molar-refractivity contribution in [3.63, 3.8) is 0 Å². The van der Waals surface area contributed by atoms with Crippen LogP contribution in [-0.4, -0.2) is 17.7 Å². The number of ether oxygens (including phenoxy) is 1. The number of esters is 1. The lowest BCUT2D eigenvalue weighted by Gasteiger charge is -1.97. The first kappa shape index (κ1) is 10.0. The minimum Gasteiger partial charge on any atom is -0.512 e. The average Bonchev–Trinajstić information content (AvgIpc) is 1.87. The third kappa shape index (κ3) is 5.45. The summed E-state index contributed by atoms with van der Waals surface area (Å²) in [7, 11) is 0. The van der Waals surface area contributed by atoms with Crippen LogP contribution in [0.1, 0.15) is 26.7 Å². The number of hydrogen-bond acceptors (Lipinski definition) is 3. The van der Waals surface area contributed by atoms with Crippen molar-refractivity contribution in [2.75, 3.05) is 6.61 Å². The van der Waals surface area contributed by atoms with Crippen molar-refractivity contribution in [1.29, 1.82) is 0 Å². The molecule has 0 spiro atoms. The van der Waals surface area contributed by atoms with E-state index in [4.69, 9.17) is 5.11 Å². The van der Waals surface area contributed by atoms with Gasteiger partial charge in [0.15, 0.2) is 0 Å². The van der Waals surface area contributed by atoms with Gasteiger partial charge >= 0.3 is 5.97 Å². The van der Waals surface area contributed by atoms with E-state index >= 15 is 0 Å². The highest BCUT2D eigenvalue weighted by atomic mass is 16.5. The third-order valence-corrected chi connectivity index (χ3v) is 1.08. The fourth-order valence-corrected chi connectivity index (χ4v) is 0.648. The van der Waals surface area contributed by atoms with Crippen molar-refractivity contribution < 1.29 is 14.6 Å². The first-order valence-corrected chi connectivity index (χ1v) is 3.77. The van der Waals surface area contributed by atoms with Crippen LogP contribution in [0.4, 0.5) is 0 Å². The smallest absolute Gasteiger partial charge is 0.334 e. The maximum Gasteiger partial charge on any atom is 0.334 e. The van der Waals surface area contributed by atoms with Crippen molar-refractivity contribution in [2.24, 2.45) is 0 Å². The number of hydrogen-bond donors (Lipinski definition) is 1. The van der Waals surface area contributed by atoms with Gasteiger partial charge in [0.2, 0.25) is 0 Å². The van der Waals surface area contributed by atoms with Gasteiger partial charge in [0, 0.05) is 6.42 Å². The third-order valence-electron chi connectivity index (χ3n) is 1.08. The first-order valence-electron chi connectivity index (χ1n) is 3.77. The Balaban J connectivity index is 3.76. The number of rotatable bonds is 4. The van der Waals surface area contributed by atoms with Gasteiger partial charge in [0.25, 0.3) is 0 Å². The molecule has 0 aliphatic rings. The fraction of sp³-hybridized carbons (Fsp3) is 0.625. The van der Waals surface area contributed by atoms with Crippen LogP contribution in [0.15, 0.2) is 11.8 Å². The molecule has 0 aromatic carbocycles.